The van der Waals surface area contributed by atoms with Crippen LogP contribution in [-0.4, -0.2) is 36.7 Å². The lowest BCUT2D eigenvalue weighted by molar-refractivity contribution is -0.124. The predicted octanol–water partition coefficient (Wildman–Crippen LogP) is -0.432. The average molecular weight is 242 g/mol. The van der Waals surface area contributed by atoms with Crippen molar-refractivity contribution < 1.29 is 9.59 Å². The minimum atomic E-state index is -0.420. The zero-order chi connectivity index (χ0) is 10.5. The van der Waals surface area contributed by atoms with Gasteiger partial charge in [0.15, 0.2) is 0 Å². The quantitative estimate of drug-likeness (QED) is 0.566. The molecular formula is C10H12ClN3O2. The summed E-state index contributed by atoms with van der Waals surface area (Å²) >= 11 is 0. The van der Waals surface area contributed by atoms with E-state index in [9.17, 15) is 9.59 Å². The number of hydrogen-bond donors (Lipinski definition) is 2. The number of nitrogens with one attached hydrogen (secondary N) is 2. The van der Waals surface area contributed by atoms with Crippen LogP contribution in [0.15, 0.2) is 16.1 Å². The molecule has 1 saturated heterocycles. The van der Waals surface area contributed by atoms with Crippen molar-refractivity contribution in [2.75, 3.05) is 13.1 Å². The Balaban J connectivity index is 0.000000963. The number of amides is 2. The number of piperidine rings is 1. The first-order valence-electron chi connectivity index (χ1n) is 5.09. The minimum absolute atomic E-state index is 0. The maximum absolute atomic E-state index is 11.6. The first kappa shape index (κ1) is 11.3. The van der Waals surface area contributed by atoms with Crippen molar-refractivity contribution in [1.82, 2.24) is 10.6 Å². The van der Waals surface area contributed by atoms with Gasteiger partial charge < -0.3 is 5.32 Å². The molecule has 3 aliphatic rings. The second kappa shape index (κ2) is 3.68. The van der Waals surface area contributed by atoms with Crippen LogP contribution < -0.4 is 10.6 Å². The third-order valence-corrected chi connectivity index (χ3v) is 3.30. The van der Waals surface area contributed by atoms with Gasteiger partial charge >= 0.3 is 0 Å². The van der Waals surface area contributed by atoms with Crippen LogP contribution in [-0.2, 0) is 9.59 Å². The van der Waals surface area contributed by atoms with Crippen LogP contribution in [0.25, 0.3) is 0 Å². The molecule has 0 bridgehead atoms. The zero-order valence-corrected chi connectivity index (χ0v) is 9.39. The minimum Gasteiger partial charge on any atom is -0.317 e. The van der Waals surface area contributed by atoms with Crippen molar-refractivity contribution in [2.24, 2.45) is 4.99 Å². The second-order valence-corrected chi connectivity index (χ2v) is 4.11. The molecule has 5 nitrogen and oxygen atoms in total. The molecule has 3 aliphatic heterocycles. The molecule has 0 saturated carbocycles. The lowest BCUT2D eigenvalue weighted by atomic mass is 9.82. The van der Waals surface area contributed by atoms with Gasteiger partial charge in [0.05, 0.1) is 16.7 Å². The Kier molecular flexibility index (Phi) is 2.59. The highest BCUT2D eigenvalue weighted by atomic mass is 35.5. The largest absolute Gasteiger partial charge is 0.317 e. The fourth-order valence-electron chi connectivity index (χ4n) is 2.53. The molecule has 3 rings (SSSR count). The van der Waals surface area contributed by atoms with Gasteiger partial charge in [-0.1, -0.05) is 0 Å². The first-order chi connectivity index (χ1) is 7.23. The molecule has 1 fully saturated rings. The van der Waals surface area contributed by atoms with Crippen molar-refractivity contribution in [3.05, 3.63) is 11.1 Å². The molecule has 2 N–H and O–H groups in total. The van der Waals surface area contributed by atoms with Crippen molar-refractivity contribution in [3.63, 3.8) is 0 Å². The maximum Gasteiger partial charge on any atom is 0.260 e. The number of halogens is 1. The number of aliphatic imine (C=N–C) groups is 1. The van der Waals surface area contributed by atoms with Gasteiger partial charge in [-0.25, -0.2) is 0 Å². The van der Waals surface area contributed by atoms with Gasteiger partial charge in [-0.3, -0.25) is 19.9 Å². The highest BCUT2D eigenvalue weighted by molar-refractivity contribution is 6.30. The number of fused-ring (bicyclic) bond motifs is 1. The molecule has 0 aromatic rings. The molecule has 0 atom stereocenters. The van der Waals surface area contributed by atoms with E-state index >= 15 is 0 Å². The van der Waals surface area contributed by atoms with Gasteiger partial charge in [-0.15, -0.1) is 12.4 Å². The summed E-state index contributed by atoms with van der Waals surface area (Å²) in [7, 11) is 0. The SMILES string of the molecule is Cl.O=C1NC(=O)C2=C1C=NC21CCNCC1. The summed E-state index contributed by atoms with van der Waals surface area (Å²) in [6.07, 6.45) is 3.15. The monoisotopic (exact) mass is 241 g/mol. The Morgan fingerprint density at radius 3 is 2.56 bits per heavy atom. The van der Waals surface area contributed by atoms with E-state index in [-0.39, 0.29) is 24.2 Å². The van der Waals surface area contributed by atoms with E-state index in [0.717, 1.165) is 25.9 Å². The third-order valence-electron chi connectivity index (χ3n) is 3.30. The molecule has 1 spiro atoms. The topological polar surface area (TPSA) is 70.6 Å². The number of carbonyl (C=O) groups is 2. The van der Waals surface area contributed by atoms with E-state index < -0.39 is 5.54 Å². The molecule has 0 aromatic carbocycles. The summed E-state index contributed by atoms with van der Waals surface area (Å²) in [5.74, 6) is -0.552. The van der Waals surface area contributed by atoms with Crippen LogP contribution >= 0.6 is 12.4 Å². The standard InChI is InChI=1S/C10H11N3O2.ClH/c14-8-6-5-12-10(1-3-11-4-2-10)7(6)9(15)13-8;/h5,11H,1-4H2,(H,13,14,15);1H. The summed E-state index contributed by atoms with van der Waals surface area (Å²) in [4.78, 5) is 27.4. The maximum atomic E-state index is 11.6. The summed E-state index contributed by atoms with van der Waals surface area (Å²) in [5, 5.41) is 5.56. The van der Waals surface area contributed by atoms with Crippen molar-refractivity contribution in [1.29, 1.82) is 0 Å². The molecule has 16 heavy (non-hydrogen) atoms. The summed E-state index contributed by atoms with van der Waals surface area (Å²) in [5.41, 5.74) is 0.646. The van der Waals surface area contributed by atoms with Gasteiger partial charge in [0.25, 0.3) is 11.8 Å². The van der Waals surface area contributed by atoms with E-state index in [2.05, 4.69) is 15.6 Å². The van der Waals surface area contributed by atoms with E-state index in [1.165, 1.54) is 0 Å². The number of imide groups is 1. The van der Waals surface area contributed by atoms with Gasteiger partial charge in [0.2, 0.25) is 0 Å². The van der Waals surface area contributed by atoms with Gasteiger partial charge in [-0.2, -0.15) is 0 Å². The average Bonchev–Trinajstić information content (AvgIpc) is 2.71. The molecule has 0 radical (unpaired) electrons. The van der Waals surface area contributed by atoms with Crippen LogP contribution in [0.5, 0.6) is 0 Å². The smallest absolute Gasteiger partial charge is 0.260 e. The normalized spacial score (nSPS) is 25.8. The molecule has 3 heterocycles. The summed E-state index contributed by atoms with van der Waals surface area (Å²) < 4.78 is 0. The molecule has 0 unspecified atom stereocenters. The van der Waals surface area contributed by atoms with Gasteiger partial charge in [-0.05, 0) is 25.9 Å². The van der Waals surface area contributed by atoms with Crippen molar-refractivity contribution >= 4 is 30.4 Å². The highest BCUT2D eigenvalue weighted by Crippen LogP contribution is 2.38. The molecule has 0 aliphatic carbocycles. The molecule has 0 aromatic heterocycles. The number of carbonyl (C=O) groups excluding carboxylic acids is 2. The van der Waals surface area contributed by atoms with E-state index in [0.29, 0.717) is 11.1 Å². The Morgan fingerprint density at radius 2 is 1.88 bits per heavy atom. The second-order valence-electron chi connectivity index (χ2n) is 4.11. The molecular weight excluding hydrogens is 230 g/mol. The van der Waals surface area contributed by atoms with E-state index in [1.807, 2.05) is 0 Å². The Hall–Kier alpha value is -1.20. The third kappa shape index (κ3) is 1.32. The lowest BCUT2D eigenvalue weighted by Gasteiger charge is -2.32. The van der Waals surface area contributed by atoms with Crippen molar-refractivity contribution in [3.8, 4) is 0 Å². The number of rotatable bonds is 0. The fourth-order valence-corrected chi connectivity index (χ4v) is 2.53. The number of nitrogens with zero attached hydrogens (tertiary/aromatic N) is 1. The molecule has 6 heteroatoms. The van der Waals surface area contributed by atoms with Crippen molar-refractivity contribution in [2.45, 2.75) is 18.4 Å². The van der Waals surface area contributed by atoms with Crippen LogP contribution in [0.2, 0.25) is 0 Å². The van der Waals surface area contributed by atoms with E-state index in [4.69, 9.17) is 0 Å². The summed E-state index contributed by atoms with van der Waals surface area (Å²) in [6.45, 7) is 1.69. The highest BCUT2D eigenvalue weighted by Gasteiger charge is 2.48. The zero-order valence-electron chi connectivity index (χ0n) is 8.58. The predicted molar refractivity (Wildman–Crippen MR) is 60.8 cm³/mol. The van der Waals surface area contributed by atoms with Gasteiger partial charge in [0, 0.05) is 6.21 Å². The first-order valence-corrected chi connectivity index (χ1v) is 5.09. The van der Waals surface area contributed by atoms with Crippen LogP contribution in [0.3, 0.4) is 0 Å². The van der Waals surface area contributed by atoms with Crippen LogP contribution in [0, 0.1) is 0 Å². The van der Waals surface area contributed by atoms with E-state index in [1.54, 1.807) is 6.21 Å². The number of hydrogen-bond acceptors (Lipinski definition) is 4. The van der Waals surface area contributed by atoms with Gasteiger partial charge in [0.1, 0.15) is 0 Å². The fraction of sp³-hybridized carbons (Fsp3) is 0.500. The summed E-state index contributed by atoms with van der Waals surface area (Å²) in [6, 6.07) is 0. The lowest BCUT2D eigenvalue weighted by Crippen LogP contribution is -2.43. The molecule has 86 valence electrons. The Labute approximate surface area is 98.8 Å². The van der Waals surface area contributed by atoms with Crippen LogP contribution in [0.4, 0.5) is 0 Å². The molecule has 2 amide bonds. The van der Waals surface area contributed by atoms with Crippen LogP contribution in [0.1, 0.15) is 12.8 Å². The Bertz CT molecular complexity index is 422. The Morgan fingerprint density at radius 1 is 1.19 bits per heavy atom.